The molecule has 3 aromatic heterocycles. The monoisotopic (exact) mass is 919 g/mol. The number of carbonyl (C=O) groups excluding carboxylic acids is 1. The fourth-order valence-electron chi connectivity index (χ4n) is 8.84. The highest BCUT2D eigenvalue weighted by Crippen LogP contribution is 2.25. The highest BCUT2D eigenvalue weighted by molar-refractivity contribution is 5.77. The van der Waals surface area contributed by atoms with E-state index in [9.17, 15) is 9.59 Å². The summed E-state index contributed by atoms with van der Waals surface area (Å²) in [6.45, 7) is 16.8. The van der Waals surface area contributed by atoms with Crippen molar-refractivity contribution in [2.24, 2.45) is 0 Å². The van der Waals surface area contributed by atoms with Crippen molar-refractivity contribution in [2.75, 3.05) is 116 Å². The van der Waals surface area contributed by atoms with Crippen molar-refractivity contribution in [3.63, 3.8) is 0 Å². The van der Waals surface area contributed by atoms with Crippen molar-refractivity contribution in [1.82, 2.24) is 39.0 Å². The van der Waals surface area contributed by atoms with Gasteiger partial charge in [-0.15, -0.1) is 6.58 Å². The second-order valence-corrected chi connectivity index (χ2v) is 17.2. The van der Waals surface area contributed by atoms with Crippen LogP contribution < -0.4 is 20.5 Å². The first-order valence-corrected chi connectivity index (χ1v) is 23.8. The van der Waals surface area contributed by atoms with Crippen LogP contribution in [0.1, 0.15) is 43.2 Å². The largest absolute Gasteiger partial charge is 0.481 e. The molecule has 0 atom stereocenters. The molecule has 67 heavy (non-hydrogen) atoms. The maximum atomic E-state index is 13.3. The summed E-state index contributed by atoms with van der Waals surface area (Å²) in [4.78, 5) is 49.1. The smallest absolute Gasteiger partial charge is 0.278 e. The zero-order valence-corrected chi connectivity index (χ0v) is 38.9. The van der Waals surface area contributed by atoms with Gasteiger partial charge in [-0.3, -0.25) is 19.4 Å². The molecule has 0 radical (unpaired) electrons. The number of nitrogens with zero attached hydrogens (tertiary/aromatic N) is 9. The van der Waals surface area contributed by atoms with Gasteiger partial charge in [0.1, 0.15) is 5.39 Å². The van der Waals surface area contributed by atoms with Crippen LogP contribution in [0.15, 0.2) is 90.4 Å². The molecule has 0 bridgehead atoms. The topological polar surface area (TPSA) is 154 Å². The Morgan fingerprint density at radius 2 is 1.48 bits per heavy atom. The zero-order chi connectivity index (χ0) is 46.2. The summed E-state index contributed by atoms with van der Waals surface area (Å²) in [5.74, 6) is 1.33. The van der Waals surface area contributed by atoms with E-state index in [2.05, 4.69) is 60.8 Å². The molecule has 0 spiro atoms. The number of hydrogen-bond acceptors (Lipinski definition) is 14. The predicted octanol–water partition coefficient (Wildman–Crippen LogP) is 5.28. The lowest BCUT2D eigenvalue weighted by Gasteiger charge is -2.36. The van der Waals surface area contributed by atoms with Gasteiger partial charge in [-0.2, -0.15) is 9.97 Å². The number of pyridine rings is 1. The van der Waals surface area contributed by atoms with Crippen LogP contribution in [-0.2, 0) is 43.4 Å². The molecular weight excluding hydrogens is 853 g/mol. The van der Waals surface area contributed by atoms with E-state index in [0.29, 0.717) is 93.9 Å². The normalized spacial score (nSPS) is 16.3. The van der Waals surface area contributed by atoms with Crippen LogP contribution in [0.25, 0.3) is 16.9 Å². The number of anilines is 3. The summed E-state index contributed by atoms with van der Waals surface area (Å²) in [7, 11) is 1.54. The van der Waals surface area contributed by atoms with E-state index in [-0.39, 0.29) is 18.0 Å². The number of benzene rings is 2. The molecular formula is C50H66N10O7. The Morgan fingerprint density at radius 1 is 0.791 bits per heavy atom. The van der Waals surface area contributed by atoms with Crippen LogP contribution in [0.4, 0.5) is 17.3 Å². The highest BCUT2D eigenvalue weighted by Gasteiger charge is 2.23. The molecule has 358 valence electrons. The molecule has 17 heteroatoms. The van der Waals surface area contributed by atoms with Crippen LogP contribution in [0.2, 0.25) is 0 Å². The predicted molar refractivity (Wildman–Crippen MR) is 258 cm³/mol. The van der Waals surface area contributed by atoms with Gasteiger partial charge in [0.25, 0.3) is 5.56 Å². The second kappa shape index (κ2) is 24.4. The molecule has 3 aliphatic rings. The maximum absolute atomic E-state index is 13.3. The molecule has 8 rings (SSSR count). The summed E-state index contributed by atoms with van der Waals surface area (Å²) in [5, 5.41) is 3.63. The number of carbonyl (C=O) groups is 1. The van der Waals surface area contributed by atoms with Gasteiger partial charge in [0, 0.05) is 89.1 Å². The lowest BCUT2D eigenvalue weighted by atomic mass is 10.1. The molecule has 0 unspecified atom stereocenters. The summed E-state index contributed by atoms with van der Waals surface area (Å²) in [5.41, 5.74) is 4.65. The van der Waals surface area contributed by atoms with Gasteiger partial charge < -0.3 is 38.8 Å². The van der Waals surface area contributed by atoms with Crippen molar-refractivity contribution in [2.45, 2.75) is 57.9 Å². The Labute approximate surface area is 393 Å². The average molecular weight is 919 g/mol. The molecule has 5 aromatic rings. The van der Waals surface area contributed by atoms with E-state index in [1.54, 1.807) is 36.1 Å². The molecule has 2 saturated heterocycles. The zero-order valence-electron chi connectivity index (χ0n) is 38.9. The van der Waals surface area contributed by atoms with Crippen molar-refractivity contribution in [3.05, 3.63) is 107 Å². The molecule has 2 aliphatic heterocycles. The van der Waals surface area contributed by atoms with Crippen LogP contribution in [0, 0.1) is 0 Å². The third-order valence-electron chi connectivity index (χ3n) is 12.7. The van der Waals surface area contributed by atoms with Gasteiger partial charge in [0.05, 0.1) is 72.4 Å². The van der Waals surface area contributed by atoms with Crippen molar-refractivity contribution in [1.29, 1.82) is 0 Å². The molecule has 17 nitrogen and oxygen atoms in total. The third kappa shape index (κ3) is 13.3. The lowest BCUT2D eigenvalue weighted by molar-refractivity contribution is -0.132. The second-order valence-electron chi connectivity index (χ2n) is 17.2. The molecule has 2 aromatic carbocycles. The molecule has 1 aliphatic carbocycles. The molecule has 5 heterocycles. The van der Waals surface area contributed by atoms with Gasteiger partial charge in [-0.1, -0.05) is 49.2 Å². The summed E-state index contributed by atoms with van der Waals surface area (Å²) < 4.78 is 31.8. The number of methoxy groups -OCH3 is 1. The fraction of sp³-hybridized carbons (Fsp3) is 0.500. The first-order valence-electron chi connectivity index (χ1n) is 23.8. The SMILES string of the molecule is C=CCn1c(=O)c2cnc(Nc3ccc(N4CCN(C(=O)CCOCCOCCOCCN5CCN(Cc6ccc(COC7CCCC7)cc6)CC5)CC4)cc3)nc2n1-c1cccc(OC)n1. The van der Waals surface area contributed by atoms with Crippen molar-refractivity contribution < 1.29 is 28.5 Å². The van der Waals surface area contributed by atoms with E-state index in [1.165, 1.54) is 47.7 Å². The Hall–Kier alpha value is -5.69. The van der Waals surface area contributed by atoms with Crippen LogP contribution in [-0.4, -0.2) is 157 Å². The van der Waals surface area contributed by atoms with Gasteiger partial charge in [-0.25, -0.2) is 14.3 Å². The number of rotatable bonds is 24. The minimum absolute atomic E-state index is 0.102. The number of nitrogens with one attached hydrogen (secondary N) is 1. The van der Waals surface area contributed by atoms with E-state index in [1.807, 2.05) is 29.2 Å². The minimum Gasteiger partial charge on any atom is -0.481 e. The maximum Gasteiger partial charge on any atom is 0.278 e. The number of hydrogen-bond donors (Lipinski definition) is 1. The fourth-order valence-corrected chi connectivity index (χ4v) is 8.84. The Bertz CT molecular complexity index is 2390. The summed E-state index contributed by atoms with van der Waals surface area (Å²) in [6, 6.07) is 22.3. The number of piperazine rings is 2. The third-order valence-corrected chi connectivity index (χ3v) is 12.7. The molecule has 1 N–H and O–H groups in total. The van der Waals surface area contributed by atoms with E-state index < -0.39 is 0 Å². The summed E-state index contributed by atoms with van der Waals surface area (Å²) >= 11 is 0. The molecule has 3 fully saturated rings. The molecule has 1 amide bonds. The number of ether oxygens (including phenoxy) is 5. The Balaban J connectivity index is 0.654. The van der Waals surface area contributed by atoms with Gasteiger partial charge in [-0.05, 0) is 54.3 Å². The first kappa shape index (κ1) is 47.8. The lowest BCUT2D eigenvalue weighted by Crippen LogP contribution is -2.49. The first-order chi connectivity index (χ1) is 32.9. The average Bonchev–Trinajstić information content (AvgIpc) is 3.99. The van der Waals surface area contributed by atoms with E-state index >= 15 is 0 Å². The number of amides is 1. The van der Waals surface area contributed by atoms with E-state index in [0.717, 1.165) is 70.3 Å². The van der Waals surface area contributed by atoms with Crippen molar-refractivity contribution in [3.8, 4) is 11.7 Å². The quantitative estimate of drug-likeness (QED) is 0.0631. The Morgan fingerprint density at radius 3 is 2.19 bits per heavy atom. The van der Waals surface area contributed by atoms with Gasteiger partial charge in [0.15, 0.2) is 11.5 Å². The van der Waals surface area contributed by atoms with Gasteiger partial charge >= 0.3 is 0 Å². The number of allylic oxidation sites excluding steroid dienone is 1. The number of aromatic nitrogens is 5. The Kier molecular flexibility index (Phi) is 17.4. The van der Waals surface area contributed by atoms with Gasteiger partial charge in [0.2, 0.25) is 17.7 Å². The van der Waals surface area contributed by atoms with Crippen molar-refractivity contribution >= 4 is 34.3 Å². The van der Waals surface area contributed by atoms with Crippen LogP contribution in [0.5, 0.6) is 5.88 Å². The summed E-state index contributed by atoms with van der Waals surface area (Å²) in [6.07, 6.45) is 9.01. The van der Waals surface area contributed by atoms with Crippen LogP contribution in [0.3, 0.4) is 0 Å². The standard InChI is InChI=1S/C50H66N10O7/c1-3-20-59-49(62)44-36-51-50(54-48(44)60(59)45-9-6-10-46(53-45)63-2)52-41-15-17-42(18-16-41)57-25-27-58(28-26-57)47(61)19-30-64-32-34-66-35-33-65-31-29-55-21-23-56(24-22-55)37-39-11-13-40(14-12-39)38-67-43-7-4-5-8-43/h3,6,9-18,36,43H,1,4-5,7-8,19-35,37-38H2,2H3,(H,51,52,54). The highest BCUT2D eigenvalue weighted by atomic mass is 16.5. The molecule has 1 saturated carbocycles. The van der Waals surface area contributed by atoms with Crippen LogP contribution >= 0.6 is 0 Å². The number of fused-ring (bicyclic) bond motifs is 1. The van der Waals surface area contributed by atoms with E-state index in [4.69, 9.17) is 28.7 Å². The minimum atomic E-state index is -0.246.